The fourth-order valence-corrected chi connectivity index (χ4v) is 1.18. The van der Waals surface area contributed by atoms with E-state index in [1.165, 1.54) is 0 Å². The normalized spacial score (nSPS) is 11.3. The zero-order valence-corrected chi connectivity index (χ0v) is 9.46. The van der Waals surface area contributed by atoms with Crippen LogP contribution in [0.15, 0.2) is 24.3 Å². The van der Waals surface area contributed by atoms with E-state index in [1.54, 1.807) is 24.3 Å². The van der Waals surface area contributed by atoms with E-state index in [-0.39, 0.29) is 0 Å². The van der Waals surface area contributed by atoms with Gasteiger partial charge in [0.15, 0.2) is 0 Å². The maximum atomic E-state index is 11.7. The summed E-state index contributed by atoms with van der Waals surface area (Å²) in [5.74, 6) is -0.639. The average Bonchev–Trinajstić information content (AvgIpc) is 2.28. The molecule has 0 aliphatic carbocycles. The van der Waals surface area contributed by atoms with Crippen LogP contribution in [0.25, 0.3) is 0 Å². The first-order chi connectivity index (χ1) is 8.40. The van der Waals surface area contributed by atoms with Crippen molar-refractivity contribution in [3.8, 4) is 0 Å². The summed E-state index contributed by atoms with van der Waals surface area (Å²) in [5.41, 5.74) is 6.76. The lowest BCUT2D eigenvalue weighted by Gasteiger charge is -2.08. The summed E-state index contributed by atoms with van der Waals surface area (Å²) in [4.78, 5) is 11.2. The molecule has 0 spiro atoms. The lowest BCUT2D eigenvalue weighted by Crippen LogP contribution is -2.23. The minimum absolute atomic E-state index is 0.378. The van der Waals surface area contributed by atoms with Crippen LogP contribution >= 0.6 is 0 Å². The predicted molar refractivity (Wildman–Crippen MR) is 59.8 cm³/mol. The number of hydrogen-bond acceptors (Lipinski definition) is 3. The van der Waals surface area contributed by atoms with Crippen molar-refractivity contribution in [1.82, 2.24) is 0 Å². The van der Waals surface area contributed by atoms with Crippen LogP contribution in [0.2, 0.25) is 0 Å². The van der Waals surface area contributed by atoms with Crippen molar-refractivity contribution in [3.63, 3.8) is 0 Å². The van der Waals surface area contributed by atoms with Gasteiger partial charge in [0.2, 0.25) is 5.91 Å². The number of anilines is 1. The first kappa shape index (κ1) is 14.5. The zero-order chi connectivity index (χ0) is 13.6. The molecular formula is C11H13F3N2O2. The van der Waals surface area contributed by atoms with Gasteiger partial charge in [0.05, 0.1) is 0 Å². The molecule has 100 valence electrons. The number of nitrogens with one attached hydrogen (secondary N) is 1. The number of carbonyl (C=O) groups is 1. The van der Waals surface area contributed by atoms with Gasteiger partial charge in [-0.3, -0.25) is 4.79 Å². The van der Waals surface area contributed by atoms with Gasteiger partial charge in [0.1, 0.15) is 13.2 Å². The van der Waals surface area contributed by atoms with E-state index in [0.717, 1.165) is 5.56 Å². The SMILES string of the molecule is NCc1ccc(NC(=O)COCC(F)(F)F)cc1. The topological polar surface area (TPSA) is 64.3 Å². The van der Waals surface area contributed by atoms with E-state index in [4.69, 9.17) is 5.73 Å². The van der Waals surface area contributed by atoms with Gasteiger partial charge in [-0.2, -0.15) is 13.2 Å². The number of nitrogens with two attached hydrogens (primary N) is 1. The molecule has 0 fully saturated rings. The van der Waals surface area contributed by atoms with Crippen LogP contribution < -0.4 is 11.1 Å². The van der Waals surface area contributed by atoms with Gasteiger partial charge in [0.25, 0.3) is 0 Å². The minimum Gasteiger partial charge on any atom is -0.362 e. The molecule has 0 radical (unpaired) electrons. The van der Waals surface area contributed by atoms with Crippen molar-refractivity contribution in [1.29, 1.82) is 0 Å². The Balaban J connectivity index is 2.35. The molecule has 0 saturated heterocycles. The molecular weight excluding hydrogens is 249 g/mol. The zero-order valence-electron chi connectivity index (χ0n) is 9.46. The molecule has 0 atom stereocenters. The van der Waals surface area contributed by atoms with E-state index in [1.807, 2.05) is 0 Å². The molecule has 7 heteroatoms. The standard InChI is InChI=1S/C11H13F3N2O2/c12-11(13,14)7-18-6-10(17)16-9-3-1-8(5-15)2-4-9/h1-4H,5-7,15H2,(H,16,17). The van der Waals surface area contributed by atoms with Crippen molar-refractivity contribution in [3.05, 3.63) is 29.8 Å². The highest BCUT2D eigenvalue weighted by Gasteiger charge is 2.27. The Morgan fingerprint density at radius 1 is 1.28 bits per heavy atom. The molecule has 0 saturated carbocycles. The number of halogens is 3. The van der Waals surface area contributed by atoms with Gasteiger partial charge in [0, 0.05) is 12.2 Å². The average molecular weight is 262 g/mol. The number of carbonyl (C=O) groups excluding carboxylic acids is 1. The van der Waals surface area contributed by atoms with E-state index in [2.05, 4.69) is 10.1 Å². The molecule has 4 nitrogen and oxygen atoms in total. The number of amides is 1. The van der Waals surface area contributed by atoms with Crippen molar-refractivity contribution in [2.24, 2.45) is 5.73 Å². The van der Waals surface area contributed by atoms with Crippen molar-refractivity contribution >= 4 is 11.6 Å². The largest absolute Gasteiger partial charge is 0.411 e. The number of alkyl halides is 3. The molecule has 1 rings (SSSR count). The molecule has 1 aromatic carbocycles. The van der Waals surface area contributed by atoms with Gasteiger partial charge in [-0.25, -0.2) is 0 Å². The molecule has 0 heterocycles. The molecule has 0 unspecified atom stereocenters. The molecule has 0 bridgehead atoms. The first-order valence-electron chi connectivity index (χ1n) is 5.14. The highest BCUT2D eigenvalue weighted by atomic mass is 19.4. The lowest BCUT2D eigenvalue weighted by atomic mass is 10.2. The summed E-state index contributed by atoms with van der Waals surface area (Å²) in [6.07, 6.45) is -4.43. The smallest absolute Gasteiger partial charge is 0.362 e. The summed E-state index contributed by atoms with van der Waals surface area (Å²) in [6, 6.07) is 6.66. The summed E-state index contributed by atoms with van der Waals surface area (Å²) >= 11 is 0. The second kappa shape index (κ2) is 6.36. The van der Waals surface area contributed by atoms with Crippen LogP contribution in [0, 0.1) is 0 Å². The number of rotatable bonds is 5. The van der Waals surface area contributed by atoms with Crippen molar-refractivity contribution < 1.29 is 22.7 Å². The van der Waals surface area contributed by atoms with E-state index in [0.29, 0.717) is 12.2 Å². The Kier molecular flexibility index (Phi) is 5.11. The van der Waals surface area contributed by atoms with Crippen LogP contribution in [0.5, 0.6) is 0 Å². The molecule has 1 amide bonds. The maximum absolute atomic E-state index is 11.7. The Morgan fingerprint density at radius 3 is 2.39 bits per heavy atom. The van der Waals surface area contributed by atoms with Gasteiger partial charge >= 0.3 is 6.18 Å². The Labute approximate surface area is 102 Å². The highest BCUT2D eigenvalue weighted by molar-refractivity contribution is 5.91. The molecule has 3 N–H and O–H groups in total. The Bertz CT molecular complexity index is 390. The molecule has 0 aliphatic rings. The quantitative estimate of drug-likeness (QED) is 0.848. The van der Waals surface area contributed by atoms with Crippen LogP contribution in [0.1, 0.15) is 5.56 Å². The summed E-state index contributed by atoms with van der Waals surface area (Å²) in [7, 11) is 0. The summed E-state index contributed by atoms with van der Waals surface area (Å²) in [5, 5.41) is 2.41. The predicted octanol–water partition coefficient (Wildman–Crippen LogP) is 1.66. The second-order valence-electron chi connectivity index (χ2n) is 3.56. The summed E-state index contributed by atoms with van der Waals surface area (Å²) < 4.78 is 39.5. The van der Waals surface area contributed by atoms with Crippen LogP contribution in [0.3, 0.4) is 0 Å². The molecule has 0 aliphatic heterocycles. The maximum Gasteiger partial charge on any atom is 0.411 e. The number of ether oxygens (including phenoxy) is 1. The monoisotopic (exact) mass is 262 g/mol. The molecule has 1 aromatic rings. The Morgan fingerprint density at radius 2 is 1.89 bits per heavy atom. The minimum atomic E-state index is -4.43. The van der Waals surface area contributed by atoms with Crippen molar-refractivity contribution in [2.75, 3.05) is 18.5 Å². The van der Waals surface area contributed by atoms with Gasteiger partial charge in [-0.15, -0.1) is 0 Å². The van der Waals surface area contributed by atoms with Gasteiger partial charge in [-0.1, -0.05) is 12.1 Å². The van der Waals surface area contributed by atoms with Crippen LogP contribution in [-0.4, -0.2) is 25.3 Å². The molecule has 18 heavy (non-hydrogen) atoms. The van der Waals surface area contributed by atoms with Crippen molar-refractivity contribution in [2.45, 2.75) is 12.7 Å². The third-order valence-corrected chi connectivity index (χ3v) is 1.97. The van der Waals surface area contributed by atoms with E-state index >= 15 is 0 Å². The van der Waals surface area contributed by atoms with E-state index < -0.39 is 25.3 Å². The summed E-state index contributed by atoms with van der Waals surface area (Å²) in [6.45, 7) is -1.70. The Hall–Kier alpha value is -1.60. The second-order valence-corrected chi connectivity index (χ2v) is 3.56. The fraction of sp³-hybridized carbons (Fsp3) is 0.364. The highest BCUT2D eigenvalue weighted by Crippen LogP contribution is 2.14. The third kappa shape index (κ3) is 5.65. The third-order valence-electron chi connectivity index (χ3n) is 1.97. The number of hydrogen-bond donors (Lipinski definition) is 2. The molecule has 0 aromatic heterocycles. The van der Waals surface area contributed by atoms with Crippen LogP contribution in [0.4, 0.5) is 18.9 Å². The van der Waals surface area contributed by atoms with Gasteiger partial charge < -0.3 is 15.8 Å². The first-order valence-corrected chi connectivity index (χ1v) is 5.14. The lowest BCUT2D eigenvalue weighted by molar-refractivity contribution is -0.174. The van der Waals surface area contributed by atoms with Gasteiger partial charge in [-0.05, 0) is 17.7 Å². The number of benzene rings is 1. The van der Waals surface area contributed by atoms with E-state index in [9.17, 15) is 18.0 Å². The fourth-order valence-electron chi connectivity index (χ4n) is 1.18. The van der Waals surface area contributed by atoms with Crippen LogP contribution in [-0.2, 0) is 16.1 Å².